The molecule has 96 valence electrons. The van der Waals surface area contributed by atoms with E-state index in [1.54, 1.807) is 0 Å². The van der Waals surface area contributed by atoms with Crippen molar-refractivity contribution in [2.45, 2.75) is 52.1 Å². The number of aliphatic hydroxyl groups is 1. The molecule has 3 heteroatoms. The van der Waals surface area contributed by atoms with Crippen molar-refractivity contribution < 1.29 is 5.11 Å². The Labute approximate surface area is 100 Å². The second kappa shape index (κ2) is 5.99. The quantitative estimate of drug-likeness (QED) is 0.722. The highest BCUT2D eigenvalue weighted by molar-refractivity contribution is 4.91. The highest BCUT2D eigenvalue weighted by Crippen LogP contribution is 2.25. The number of nitrogens with zero attached hydrogens (tertiary/aromatic N) is 1. The predicted molar refractivity (Wildman–Crippen MR) is 68.6 cm³/mol. The van der Waals surface area contributed by atoms with Gasteiger partial charge in [-0.05, 0) is 38.8 Å². The van der Waals surface area contributed by atoms with Crippen LogP contribution < -0.4 is 5.32 Å². The maximum Gasteiger partial charge on any atom is 0.0623 e. The van der Waals surface area contributed by atoms with E-state index in [0.717, 1.165) is 13.1 Å². The van der Waals surface area contributed by atoms with E-state index in [1.165, 1.54) is 19.4 Å². The van der Waals surface area contributed by atoms with Crippen molar-refractivity contribution in [3.05, 3.63) is 0 Å². The average Bonchev–Trinajstić information content (AvgIpc) is 2.66. The van der Waals surface area contributed by atoms with Crippen LogP contribution in [-0.4, -0.2) is 47.8 Å². The third-order valence-corrected chi connectivity index (χ3v) is 3.69. The molecule has 16 heavy (non-hydrogen) atoms. The molecular formula is C13H28N2O. The van der Waals surface area contributed by atoms with Crippen molar-refractivity contribution in [3.63, 3.8) is 0 Å². The molecule has 0 spiro atoms. The lowest BCUT2D eigenvalue weighted by molar-refractivity contribution is 0.102. The van der Waals surface area contributed by atoms with Crippen LogP contribution >= 0.6 is 0 Å². The van der Waals surface area contributed by atoms with Gasteiger partial charge in [0.2, 0.25) is 0 Å². The summed E-state index contributed by atoms with van der Waals surface area (Å²) in [6, 6.07) is 0.699. The molecule has 0 bridgehead atoms. The van der Waals surface area contributed by atoms with Gasteiger partial charge in [-0.2, -0.15) is 0 Å². The summed E-state index contributed by atoms with van der Waals surface area (Å²) >= 11 is 0. The van der Waals surface area contributed by atoms with Crippen LogP contribution in [0.5, 0.6) is 0 Å². The third-order valence-electron chi connectivity index (χ3n) is 3.69. The molecule has 1 saturated heterocycles. The first-order valence-electron chi connectivity index (χ1n) is 6.62. The Morgan fingerprint density at radius 2 is 2.19 bits per heavy atom. The zero-order valence-electron chi connectivity index (χ0n) is 11.3. The zero-order chi connectivity index (χ0) is 12.2. The molecule has 2 unspecified atom stereocenters. The van der Waals surface area contributed by atoms with Crippen molar-refractivity contribution in [2.75, 3.05) is 26.2 Å². The summed E-state index contributed by atoms with van der Waals surface area (Å²) in [7, 11) is 0. The van der Waals surface area contributed by atoms with Gasteiger partial charge in [-0.3, -0.25) is 4.90 Å². The number of aliphatic hydroxyl groups excluding tert-OH is 1. The minimum atomic E-state index is -0.147. The van der Waals surface area contributed by atoms with Gasteiger partial charge in [-0.25, -0.2) is 0 Å². The maximum atomic E-state index is 9.51. The van der Waals surface area contributed by atoms with Crippen LogP contribution in [0.4, 0.5) is 0 Å². The standard InChI is InChI=1S/C13H28N2O/c1-5-14-13(4,10-16)9-15-8-6-7-12(15)11(2)3/h11-12,14,16H,5-10H2,1-4H3. The summed E-state index contributed by atoms with van der Waals surface area (Å²) < 4.78 is 0. The Hall–Kier alpha value is -0.120. The summed E-state index contributed by atoms with van der Waals surface area (Å²) in [5, 5.41) is 12.9. The molecular weight excluding hydrogens is 200 g/mol. The minimum Gasteiger partial charge on any atom is -0.394 e. The summed E-state index contributed by atoms with van der Waals surface area (Å²) in [5.74, 6) is 0.715. The normalized spacial score (nSPS) is 26.2. The summed E-state index contributed by atoms with van der Waals surface area (Å²) in [4.78, 5) is 2.55. The number of hydrogen-bond donors (Lipinski definition) is 2. The van der Waals surface area contributed by atoms with E-state index in [2.05, 4.69) is 37.9 Å². The van der Waals surface area contributed by atoms with Gasteiger partial charge >= 0.3 is 0 Å². The van der Waals surface area contributed by atoms with Crippen LogP contribution in [0.2, 0.25) is 0 Å². The fourth-order valence-corrected chi connectivity index (χ4v) is 2.84. The highest BCUT2D eigenvalue weighted by atomic mass is 16.3. The van der Waals surface area contributed by atoms with E-state index in [-0.39, 0.29) is 12.1 Å². The van der Waals surface area contributed by atoms with E-state index in [9.17, 15) is 5.11 Å². The van der Waals surface area contributed by atoms with Gasteiger partial charge in [0.05, 0.1) is 12.1 Å². The van der Waals surface area contributed by atoms with Gasteiger partial charge in [0.15, 0.2) is 0 Å². The monoisotopic (exact) mass is 228 g/mol. The Morgan fingerprint density at radius 1 is 1.50 bits per heavy atom. The average molecular weight is 228 g/mol. The lowest BCUT2D eigenvalue weighted by atomic mass is 9.98. The first kappa shape index (κ1) is 13.9. The molecule has 0 saturated carbocycles. The van der Waals surface area contributed by atoms with E-state index in [0.29, 0.717) is 12.0 Å². The predicted octanol–water partition coefficient (Wildman–Crippen LogP) is 1.47. The van der Waals surface area contributed by atoms with E-state index < -0.39 is 0 Å². The van der Waals surface area contributed by atoms with Gasteiger partial charge < -0.3 is 10.4 Å². The third kappa shape index (κ3) is 3.44. The number of likely N-dealkylation sites (N-methyl/N-ethyl adjacent to an activating group) is 1. The molecule has 1 aliphatic heterocycles. The van der Waals surface area contributed by atoms with Crippen molar-refractivity contribution in [1.82, 2.24) is 10.2 Å². The largest absolute Gasteiger partial charge is 0.394 e. The molecule has 0 aromatic carbocycles. The van der Waals surface area contributed by atoms with Crippen LogP contribution in [-0.2, 0) is 0 Å². The molecule has 2 atom stereocenters. The highest BCUT2D eigenvalue weighted by Gasteiger charge is 2.33. The Bertz CT molecular complexity index is 208. The van der Waals surface area contributed by atoms with E-state index in [4.69, 9.17) is 0 Å². The van der Waals surface area contributed by atoms with Gasteiger partial charge in [0, 0.05) is 12.6 Å². The smallest absolute Gasteiger partial charge is 0.0623 e. The second-order valence-corrected chi connectivity index (χ2v) is 5.67. The topological polar surface area (TPSA) is 35.5 Å². The molecule has 0 aromatic heterocycles. The SMILES string of the molecule is CCNC(C)(CO)CN1CCCC1C(C)C. The molecule has 2 N–H and O–H groups in total. The summed E-state index contributed by atoms with van der Waals surface area (Å²) in [6.07, 6.45) is 2.61. The lowest BCUT2D eigenvalue weighted by Gasteiger charge is -2.37. The molecule has 1 heterocycles. The van der Waals surface area contributed by atoms with Crippen molar-refractivity contribution in [1.29, 1.82) is 0 Å². The van der Waals surface area contributed by atoms with Gasteiger partial charge in [0.25, 0.3) is 0 Å². The molecule has 1 rings (SSSR count). The molecule has 0 radical (unpaired) electrons. The van der Waals surface area contributed by atoms with Gasteiger partial charge in [-0.1, -0.05) is 20.8 Å². The second-order valence-electron chi connectivity index (χ2n) is 5.67. The fourth-order valence-electron chi connectivity index (χ4n) is 2.84. The van der Waals surface area contributed by atoms with Crippen LogP contribution in [0.15, 0.2) is 0 Å². The number of likely N-dealkylation sites (tertiary alicyclic amines) is 1. The maximum absolute atomic E-state index is 9.51. The molecule has 0 aromatic rings. The number of rotatable bonds is 6. The van der Waals surface area contributed by atoms with Gasteiger partial charge in [0.1, 0.15) is 0 Å². The number of nitrogens with one attached hydrogen (secondary N) is 1. The summed E-state index contributed by atoms with van der Waals surface area (Å²) in [6.45, 7) is 12.1. The van der Waals surface area contributed by atoms with Crippen molar-refractivity contribution >= 4 is 0 Å². The summed E-state index contributed by atoms with van der Waals surface area (Å²) in [5.41, 5.74) is -0.147. The first-order valence-corrected chi connectivity index (χ1v) is 6.62. The lowest BCUT2D eigenvalue weighted by Crippen LogP contribution is -2.55. The van der Waals surface area contributed by atoms with Gasteiger partial charge in [-0.15, -0.1) is 0 Å². The van der Waals surface area contributed by atoms with Crippen LogP contribution in [0, 0.1) is 5.92 Å². The van der Waals surface area contributed by atoms with Crippen LogP contribution in [0.3, 0.4) is 0 Å². The first-order chi connectivity index (χ1) is 7.52. The van der Waals surface area contributed by atoms with Crippen molar-refractivity contribution in [2.24, 2.45) is 5.92 Å². The van der Waals surface area contributed by atoms with Crippen LogP contribution in [0.25, 0.3) is 0 Å². The Morgan fingerprint density at radius 3 is 2.69 bits per heavy atom. The minimum absolute atomic E-state index is 0.147. The Balaban J connectivity index is 2.57. The number of hydrogen-bond acceptors (Lipinski definition) is 3. The molecule has 3 nitrogen and oxygen atoms in total. The van der Waals surface area contributed by atoms with Crippen LogP contribution in [0.1, 0.15) is 40.5 Å². The molecule has 1 fully saturated rings. The Kier molecular flexibility index (Phi) is 5.22. The molecule has 0 aliphatic carbocycles. The van der Waals surface area contributed by atoms with E-state index in [1.807, 2.05) is 0 Å². The molecule has 0 amide bonds. The zero-order valence-corrected chi connectivity index (χ0v) is 11.3. The van der Waals surface area contributed by atoms with Crippen molar-refractivity contribution in [3.8, 4) is 0 Å². The molecule has 1 aliphatic rings. The fraction of sp³-hybridized carbons (Fsp3) is 1.00. The van der Waals surface area contributed by atoms with E-state index >= 15 is 0 Å².